The lowest BCUT2D eigenvalue weighted by Crippen LogP contribution is -2.38. The Bertz CT molecular complexity index is 519. The molecule has 7 heteroatoms. The number of nitrogens with zero attached hydrogens (tertiary/aromatic N) is 2. The number of amides is 3. The van der Waals surface area contributed by atoms with Gasteiger partial charge in [-0.05, 0) is 12.8 Å². The first kappa shape index (κ1) is 13.2. The maximum absolute atomic E-state index is 12.2. The fourth-order valence-corrected chi connectivity index (χ4v) is 3.52. The Kier molecular flexibility index (Phi) is 3.52. The molecule has 106 valence electrons. The SMILES string of the molecule is O=C(CN1C(=O)[C@H]2CCCC[C@H]2C1=O)Nc1nccs1. The number of hydrogen-bond donors (Lipinski definition) is 1. The molecule has 1 aromatic heterocycles. The number of hydrogen-bond acceptors (Lipinski definition) is 5. The van der Waals surface area contributed by atoms with Crippen LogP contribution in [0.15, 0.2) is 11.6 Å². The van der Waals surface area contributed by atoms with E-state index in [1.807, 2.05) is 0 Å². The largest absolute Gasteiger partial charge is 0.300 e. The van der Waals surface area contributed by atoms with E-state index in [1.165, 1.54) is 11.3 Å². The van der Waals surface area contributed by atoms with Gasteiger partial charge in [-0.3, -0.25) is 19.3 Å². The average molecular weight is 293 g/mol. The highest BCUT2D eigenvalue weighted by Gasteiger charge is 2.48. The molecule has 3 rings (SSSR count). The van der Waals surface area contributed by atoms with Crippen LogP contribution in [0.5, 0.6) is 0 Å². The molecule has 1 aliphatic carbocycles. The molecule has 0 unspecified atom stereocenters. The van der Waals surface area contributed by atoms with Crippen LogP contribution in [0.3, 0.4) is 0 Å². The molecule has 2 heterocycles. The first-order valence-corrected chi connectivity index (χ1v) is 7.59. The molecule has 2 fully saturated rings. The standard InChI is InChI=1S/C13H15N3O3S/c17-10(15-13-14-5-6-20-13)7-16-11(18)8-3-1-2-4-9(8)12(16)19/h5-6,8-9H,1-4,7H2,(H,14,15,17)/t8-,9+. The van der Waals surface area contributed by atoms with Crippen molar-refractivity contribution in [2.24, 2.45) is 11.8 Å². The summed E-state index contributed by atoms with van der Waals surface area (Å²) in [6, 6.07) is 0. The van der Waals surface area contributed by atoms with Crippen LogP contribution in [0, 0.1) is 11.8 Å². The zero-order chi connectivity index (χ0) is 14.1. The molecule has 1 saturated heterocycles. The number of thiazole rings is 1. The highest BCUT2D eigenvalue weighted by Crippen LogP contribution is 2.37. The van der Waals surface area contributed by atoms with Gasteiger partial charge in [0.2, 0.25) is 17.7 Å². The second-order valence-electron chi connectivity index (χ2n) is 5.15. The van der Waals surface area contributed by atoms with E-state index < -0.39 is 0 Å². The first-order valence-electron chi connectivity index (χ1n) is 6.71. The van der Waals surface area contributed by atoms with Crippen molar-refractivity contribution in [3.63, 3.8) is 0 Å². The molecule has 0 radical (unpaired) electrons. The topological polar surface area (TPSA) is 79.4 Å². The maximum Gasteiger partial charge on any atom is 0.246 e. The smallest absolute Gasteiger partial charge is 0.246 e. The Balaban J connectivity index is 1.66. The van der Waals surface area contributed by atoms with Crippen LogP contribution in [-0.2, 0) is 14.4 Å². The molecule has 0 bridgehead atoms. The van der Waals surface area contributed by atoms with E-state index in [1.54, 1.807) is 11.6 Å². The summed E-state index contributed by atoms with van der Waals surface area (Å²) in [6.45, 7) is -0.204. The van der Waals surface area contributed by atoms with Gasteiger partial charge in [-0.25, -0.2) is 4.98 Å². The van der Waals surface area contributed by atoms with Crippen LogP contribution in [0.25, 0.3) is 0 Å². The molecule has 2 atom stereocenters. The van der Waals surface area contributed by atoms with E-state index in [9.17, 15) is 14.4 Å². The first-order chi connectivity index (χ1) is 9.66. The molecule has 0 aromatic carbocycles. The van der Waals surface area contributed by atoms with Gasteiger partial charge in [0.25, 0.3) is 0 Å². The van der Waals surface area contributed by atoms with E-state index in [2.05, 4.69) is 10.3 Å². The van der Waals surface area contributed by atoms with Crippen molar-refractivity contribution in [3.05, 3.63) is 11.6 Å². The molecule has 3 amide bonds. The maximum atomic E-state index is 12.2. The van der Waals surface area contributed by atoms with Gasteiger partial charge in [0.05, 0.1) is 11.8 Å². The summed E-state index contributed by atoms with van der Waals surface area (Å²) in [6.07, 6.45) is 5.08. The van der Waals surface area contributed by atoms with Gasteiger partial charge in [0.1, 0.15) is 6.54 Å². The van der Waals surface area contributed by atoms with Crippen molar-refractivity contribution in [1.29, 1.82) is 0 Å². The van der Waals surface area contributed by atoms with Gasteiger partial charge in [0.15, 0.2) is 5.13 Å². The summed E-state index contributed by atoms with van der Waals surface area (Å²) in [5.41, 5.74) is 0. The average Bonchev–Trinajstić information content (AvgIpc) is 3.03. The molecule has 1 aliphatic heterocycles. The quantitative estimate of drug-likeness (QED) is 0.851. The van der Waals surface area contributed by atoms with Crippen LogP contribution < -0.4 is 5.32 Å². The van der Waals surface area contributed by atoms with Crippen molar-refractivity contribution in [3.8, 4) is 0 Å². The van der Waals surface area contributed by atoms with Gasteiger partial charge < -0.3 is 5.32 Å². The molecule has 1 N–H and O–H groups in total. The highest BCUT2D eigenvalue weighted by atomic mass is 32.1. The number of anilines is 1. The minimum absolute atomic E-state index is 0.186. The zero-order valence-corrected chi connectivity index (χ0v) is 11.7. The van der Waals surface area contributed by atoms with E-state index >= 15 is 0 Å². The van der Waals surface area contributed by atoms with Crippen molar-refractivity contribution < 1.29 is 14.4 Å². The van der Waals surface area contributed by atoms with E-state index in [0.717, 1.165) is 30.6 Å². The summed E-state index contributed by atoms with van der Waals surface area (Å²) < 4.78 is 0. The van der Waals surface area contributed by atoms with Crippen molar-refractivity contribution in [1.82, 2.24) is 9.88 Å². The van der Waals surface area contributed by atoms with Crippen LogP contribution in [0.1, 0.15) is 25.7 Å². The van der Waals surface area contributed by atoms with Gasteiger partial charge in [0, 0.05) is 11.6 Å². The van der Waals surface area contributed by atoms with Crippen LogP contribution in [0.4, 0.5) is 5.13 Å². The summed E-state index contributed by atoms with van der Waals surface area (Å²) in [4.78, 5) is 41.3. The number of aromatic nitrogens is 1. The van der Waals surface area contributed by atoms with Gasteiger partial charge >= 0.3 is 0 Å². The van der Waals surface area contributed by atoms with E-state index in [0.29, 0.717) is 5.13 Å². The normalized spacial score (nSPS) is 25.7. The van der Waals surface area contributed by atoms with Crippen molar-refractivity contribution in [2.45, 2.75) is 25.7 Å². The number of carbonyl (C=O) groups is 3. The summed E-state index contributed by atoms with van der Waals surface area (Å²) in [5.74, 6) is -1.16. The molecule has 2 aliphatic rings. The van der Waals surface area contributed by atoms with E-state index in [4.69, 9.17) is 0 Å². The van der Waals surface area contributed by atoms with Crippen LogP contribution in [-0.4, -0.2) is 34.2 Å². The fourth-order valence-electron chi connectivity index (χ4n) is 2.97. The van der Waals surface area contributed by atoms with Gasteiger partial charge in [-0.15, -0.1) is 11.3 Å². The third-order valence-corrected chi connectivity index (χ3v) is 4.60. The second-order valence-corrected chi connectivity index (χ2v) is 6.04. The summed E-state index contributed by atoms with van der Waals surface area (Å²) >= 11 is 1.30. The molecule has 0 spiro atoms. The number of imide groups is 1. The lowest BCUT2D eigenvalue weighted by Gasteiger charge is -2.19. The Hall–Kier alpha value is -1.76. The number of fused-ring (bicyclic) bond motifs is 1. The number of nitrogens with one attached hydrogen (secondary N) is 1. The number of carbonyl (C=O) groups excluding carboxylic acids is 3. The molecule has 1 saturated carbocycles. The highest BCUT2D eigenvalue weighted by molar-refractivity contribution is 7.13. The Morgan fingerprint density at radius 1 is 1.30 bits per heavy atom. The molecule has 6 nitrogen and oxygen atoms in total. The predicted octanol–water partition coefficient (Wildman–Crippen LogP) is 1.26. The predicted molar refractivity (Wildman–Crippen MR) is 72.9 cm³/mol. The minimum atomic E-state index is -0.375. The molecule has 20 heavy (non-hydrogen) atoms. The third kappa shape index (κ3) is 2.33. The van der Waals surface area contributed by atoms with E-state index in [-0.39, 0.29) is 36.1 Å². The molecular formula is C13H15N3O3S. The number of likely N-dealkylation sites (tertiary alicyclic amines) is 1. The Labute approximate surface area is 120 Å². The van der Waals surface area contributed by atoms with Crippen molar-refractivity contribution >= 4 is 34.2 Å². The van der Waals surface area contributed by atoms with Crippen molar-refractivity contribution in [2.75, 3.05) is 11.9 Å². The monoisotopic (exact) mass is 293 g/mol. The number of rotatable bonds is 3. The fraction of sp³-hybridized carbons (Fsp3) is 0.538. The third-order valence-electron chi connectivity index (χ3n) is 3.91. The zero-order valence-electron chi connectivity index (χ0n) is 10.9. The van der Waals surface area contributed by atoms with Crippen LogP contribution in [0.2, 0.25) is 0 Å². The Morgan fingerprint density at radius 3 is 2.50 bits per heavy atom. The molecular weight excluding hydrogens is 278 g/mol. The second kappa shape index (κ2) is 5.32. The Morgan fingerprint density at radius 2 is 1.95 bits per heavy atom. The molecule has 1 aromatic rings. The summed E-state index contributed by atoms with van der Waals surface area (Å²) in [5, 5.41) is 4.82. The summed E-state index contributed by atoms with van der Waals surface area (Å²) in [7, 11) is 0. The lowest BCUT2D eigenvalue weighted by molar-refractivity contribution is -0.142. The lowest BCUT2D eigenvalue weighted by atomic mass is 9.81. The van der Waals surface area contributed by atoms with Gasteiger partial charge in [-0.1, -0.05) is 12.8 Å². The van der Waals surface area contributed by atoms with Gasteiger partial charge in [-0.2, -0.15) is 0 Å². The van der Waals surface area contributed by atoms with Crippen LogP contribution >= 0.6 is 11.3 Å². The minimum Gasteiger partial charge on any atom is -0.300 e.